The maximum atomic E-state index is 11.9. The summed E-state index contributed by atoms with van der Waals surface area (Å²) in [5.74, 6) is -1.14. The molecular formula is C15H26N2O4. The molecule has 0 heterocycles. The number of ketones is 1. The van der Waals surface area contributed by atoms with Crippen molar-refractivity contribution in [3.05, 3.63) is 0 Å². The fourth-order valence-electron chi connectivity index (χ4n) is 2.74. The molecule has 1 aliphatic carbocycles. The van der Waals surface area contributed by atoms with Crippen molar-refractivity contribution in [3.63, 3.8) is 0 Å². The van der Waals surface area contributed by atoms with Crippen LogP contribution in [0.2, 0.25) is 0 Å². The largest absolute Gasteiger partial charge is 0.481 e. The minimum absolute atomic E-state index is 0.0414. The number of carboxylic acid groups (broad SMARTS) is 1. The van der Waals surface area contributed by atoms with Gasteiger partial charge in [0.2, 0.25) is 5.91 Å². The number of hydrogen-bond donors (Lipinski definition) is 3. The molecule has 1 amide bonds. The summed E-state index contributed by atoms with van der Waals surface area (Å²) in [5, 5.41) is 14.8. The van der Waals surface area contributed by atoms with Crippen LogP contribution in [0.4, 0.5) is 0 Å². The fraction of sp³-hybridized carbons (Fsp3) is 0.800. The van der Waals surface area contributed by atoms with E-state index in [1.54, 1.807) is 0 Å². The summed E-state index contributed by atoms with van der Waals surface area (Å²) in [5.41, 5.74) is 0. The van der Waals surface area contributed by atoms with E-state index in [0.717, 1.165) is 12.8 Å². The number of aliphatic carboxylic acids is 1. The molecule has 0 aliphatic heterocycles. The molecule has 0 aromatic rings. The Morgan fingerprint density at radius 1 is 1.14 bits per heavy atom. The van der Waals surface area contributed by atoms with E-state index < -0.39 is 12.0 Å². The molecule has 6 heteroatoms. The molecule has 1 aliphatic rings. The Labute approximate surface area is 125 Å². The first kappa shape index (κ1) is 17.6. The number of Topliss-reactive ketones (excluding diaryl/α,β-unsaturated/α-hetero) is 1. The van der Waals surface area contributed by atoms with Gasteiger partial charge in [0.1, 0.15) is 0 Å². The van der Waals surface area contributed by atoms with Crippen molar-refractivity contribution in [3.8, 4) is 0 Å². The quantitative estimate of drug-likeness (QED) is 0.650. The van der Waals surface area contributed by atoms with Crippen LogP contribution in [0.1, 0.15) is 46.5 Å². The van der Waals surface area contributed by atoms with Crippen LogP contribution in [0.5, 0.6) is 0 Å². The molecule has 1 saturated carbocycles. The maximum Gasteiger partial charge on any atom is 0.306 e. The third-order valence-corrected chi connectivity index (χ3v) is 4.05. The number of carbonyl (C=O) groups excluding carboxylic acids is 2. The van der Waals surface area contributed by atoms with E-state index in [0.29, 0.717) is 12.8 Å². The van der Waals surface area contributed by atoms with E-state index in [9.17, 15) is 14.4 Å². The molecule has 1 atom stereocenters. The van der Waals surface area contributed by atoms with Crippen LogP contribution in [0, 0.1) is 11.8 Å². The van der Waals surface area contributed by atoms with Gasteiger partial charge in [-0.1, -0.05) is 13.8 Å². The highest BCUT2D eigenvalue weighted by atomic mass is 16.4. The topological polar surface area (TPSA) is 95.5 Å². The van der Waals surface area contributed by atoms with Gasteiger partial charge >= 0.3 is 5.97 Å². The monoisotopic (exact) mass is 298 g/mol. The summed E-state index contributed by atoms with van der Waals surface area (Å²) < 4.78 is 0. The van der Waals surface area contributed by atoms with Gasteiger partial charge in [0.25, 0.3) is 0 Å². The average molecular weight is 298 g/mol. The van der Waals surface area contributed by atoms with Gasteiger partial charge in [-0.05, 0) is 38.5 Å². The van der Waals surface area contributed by atoms with Crippen LogP contribution in [0.15, 0.2) is 0 Å². The zero-order valence-electron chi connectivity index (χ0n) is 13.0. The van der Waals surface area contributed by atoms with Crippen molar-refractivity contribution in [1.29, 1.82) is 0 Å². The number of rotatable bonds is 7. The lowest BCUT2D eigenvalue weighted by Crippen LogP contribution is -2.48. The first-order valence-corrected chi connectivity index (χ1v) is 7.57. The molecule has 6 nitrogen and oxygen atoms in total. The molecule has 0 aromatic heterocycles. The summed E-state index contributed by atoms with van der Waals surface area (Å²) in [6.07, 6.45) is 2.84. The summed E-state index contributed by atoms with van der Waals surface area (Å²) in [6, 6.07) is -0.261. The van der Waals surface area contributed by atoms with E-state index in [-0.39, 0.29) is 36.1 Å². The third-order valence-electron chi connectivity index (χ3n) is 4.05. The minimum Gasteiger partial charge on any atom is -0.481 e. The van der Waals surface area contributed by atoms with Crippen LogP contribution in [0.25, 0.3) is 0 Å². The predicted octanol–water partition coefficient (Wildman–Crippen LogP) is 0.949. The van der Waals surface area contributed by atoms with Crippen molar-refractivity contribution >= 4 is 17.7 Å². The summed E-state index contributed by atoms with van der Waals surface area (Å²) in [4.78, 5) is 34.2. The molecule has 1 rings (SSSR count). The van der Waals surface area contributed by atoms with Crippen LogP contribution in [0.3, 0.4) is 0 Å². The second-order valence-corrected chi connectivity index (χ2v) is 6.17. The molecular weight excluding hydrogens is 272 g/mol. The number of nitrogens with one attached hydrogen (secondary N) is 2. The Kier molecular flexibility index (Phi) is 6.81. The maximum absolute atomic E-state index is 11.9. The zero-order chi connectivity index (χ0) is 16.0. The Balaban J connectivity index is 2.31. The average Bonchev–Trinajstić information content (AvgIpc) is 2.42. The second-order valence-electron chi connectivity index (χ2n) is 6.17. The number of carboxylic acids is 1. The van der Waals surface area contributed by atoms with Crippen LogP contribution in [-0.4, -0.2) is 41.4 Å². The van der Waals surface area contributed by atoms with Crippen LogP contribution < -0.4 is 10.6 Å². The van der Waals surface area contributed by atoms with Crippen LogP contribution in [-0.2, 0) is 14.4 Å². The van der Waals surface area contributed by atoms with Gasteiger partial charge in [-0.15, -0.1) is 0 Å². The smallest absolute Gasteiger partial charge is 0.306 e. The van der Waals surface area contributed by atoms with Gasteiger partial charge < -0.3 is 15.7 Å². The van der Waals surface area contributed by atoms with Crippen LogP contribution >= 0.6 is 0 Å². The Morgan fingerprint density at radius 3 is 2.14 bits per heavy atom. The number of carbonyl (C=O) groups is 3. The van der Waals surface area contributed by atoms with E-state index in [2.05, 4.69) is 10.6 Å². The van der Waals surface area contributed by atoms with Gasteiger partial charge in [0, 0.05) is 6.04 Å². The normalized spacial score (nSPS) is 23.6. The number of amides is 1. The molecule has 0 bridgehead atoms. The van der Waals surface area contributed by atoms with E-state index in [4.69, 9.17) is 5.11 Å². The standard InChI is InChI=1S/C15H26N2O4/c1-9(2)14(10(3)18)17-13(19)8-16-12-6-4-11(5-7-12)15(20)21/h9,11-12,14,16H,4-8H2,1-3H3,(H,17,19)(H,20,21). The molecule has 1 unspecified atom stereocenters. The Morgan fingerprint density at radius 2 is 1.71 bits per heavy atom. The molecule has 1 fully saturated rings. The van der Waals surface area contributed by atoms with Crippen molar-refractivity contribution in [1.82, 2.24) is 10.6 Å². The zero-order valence-corrected chi connectivity index (χ0v) is 13.0. The highest BCUT2D eigenvalue weighted by molar-refractivity contribution is 5.88. The molecule has 3 N–H and O–H groups in total. The molecule has 0 spiro atoms. The van der Waals surface area contributed by atoms with Gasteiger partial charge in [0.05, 0.1) is 18.5 Å². The summed E-state index contributed by atoms with van der Waals surface area (Å²) >= 11 is 0. The lowest BCUT2D eigenvalue weighted by molar-refractivity contribution is -0.143. The fourth-order valence-corrected chi connectivity index (χ4v) is 2.74. The number of hydrogen-bond acceptors (Lipinski definition) is 4. The molecule has 0 aromatic carbocycles. The highest BCUT2D eigenvalue weighted by Gasteiger charge is 2.26. The molecule has 0 radical (unpaired) electrons. The van der Waals surface area contributed by atoms with Crippen molar-refractivity contribution in [2.24, 2.45) is 11.8 Å². The lowest BCUT2D eigenvalue weighted by atomic mass is 9.86. The third kappa shape index (κ3) is 5.83. The summed E-state index contributed by atoms with van der Waals surface area (Å²) in [7, 11) is 0. The van der Waals surface area contributed by atoms with Gasteiger partial charge in [-0.25, -0.2) is 0 Å². The van der Waals surface area contributed by atoms with Gasteiger partial charge in [-0.3, -0.25) is 14.4 Å². The first-order chi connectivity index (χ1) is 9.81. The van der Waals surface area contributed by atoms with Crippen molar-refractivity contribution < 1.29 is 19.5 Å². The van der Waals surface area contributed by atoms with Crippen molar-refractivity contribution in [2.75, 3.05) is 6.54 Å². The van der Waals surface area contributed by atoms with Gasteiger partial charge in [0.15, 0.2) is 5.78 Å². The van der Waals surface area contributed by atoms with Crippen molar-refractivity contribution in [2.45, 2.75) is 58.5 Å². The molecule has 120 valence electrons. The minimum atomic E-state index is -0.729. The van der Waals surface area contributed by atoms with E-state index in [1.165, 1.54) is 6.92 Å². The van der Waals surface area contributed by atoms with E-state index in [1.807, 2.05) is 13.8 Å². The molecule has 21 heavy (non-hydrogen) atoms. The summed E-state index contributed by atoms with van der Waals surface area (Å²) in [6.45, 7) is 5.43. The van der Waals surface area contributed by atoms with E-state index >= 15 is 0 Å². The highest BCUT2D eigenvalue weighted by Crippen LogP contribution is 2.24. The predicted molar refractivity (Wildman–Crippen MR) is 78.8 cm³/mol. The second kappa shape index (κ2) is 8.12. The Hall–Kier alpha value is -1.43. The first-order valence-electron chi connectivity index (χ1n) is 7.57. The molecule has 0 saturated heterocycles. The lowest BCUT2D eigenvalue weighted by Gasteiger charge is -2.27. The van der Waals surface area contributed by atoms with Gasteiger partial charge in [-0.2, -0.15) is 0 Å². The SMILES string of the molecule is CC(=O)C(NC(=O)CNC1CCC(C(=O)O)CC1)C(C)C. The Bertz CT molecular complexity index is 387.